The second-order valence-corrected chi connectivity index (χ2v) is 5.46. The second kappa shape index (κ2) is 9.00. The number of benzene rings is 1. The minimum atomic E-state index is -0.592. The van der Waals surface area contributed by atoms with E-state index in [0.717, 1.165) is 0 Å². The molecule has 0 spiro atoms. The Morgan fingerprint density at radius 3 is 1.75 bits per heavy atom. The summed E-state index contributed by atoms with van der Waals surface area (Å²) in [5.41, 5.74) is 0.604. The average molecular weight is 337 g/mol. The number of rotatable bonds is 8. The van der Waals surface area contributed by atoms with E-state index in [0.29, 0.717) is 5.56 Å². The molecule has 0 saturated heterocycles. The monoisotopic (exact) mass is 337 g/mol. The quantitative estimate of drug-likeness (QED) is 0.411. The van der Waals surface area contributed by atoms with Gasteiger partial charge >= 0.3 is 11.9 Å². The molecule has 0 N–H and O–H groups in total. The van der Waals surface area contributed by atoms with Crippen molar-refractivity contribution in [2.24, 2.45) is 11.8 Å². The molecule has 1 rings (SSSR count). The zero-order chi connectivity index (χ0) is 18.3. The van der Waals surface area contributed by atoms with Gasteiger partial charge in [-0.3, -0.25) is 19.7 Å². The van der Waals surface area contributed by atoms with Gasteiger partial charge in [-0.25, -0.2) is 0 Å². The van der Waals surface area contributed by atoms with E-state index in [1.807, 2.05) is 0 Å². The number of hydrogen-bond acceptors (Lipinski definition) is 6. The fourth-order valence-corrected chi connectivity index (χ4v) is 2.67. The van der Waals surface area contributed by atoms with Gasteiger partial charge in [-0.2, -0.15) is 0 Å². The molecule has 0 radical (unpaired) electrons. The summed E-state index contributed by atoms with van der Waals surface area (Å²) < 4.78 is 10.1. The molecule has 1 aromatic carbocycles. The molecular weight excluding hydrogens is 314 g/mol. The zero-order valence-electron chi connectivity index (χ0n) is 14.4. The highest BCUT2D eigenvalue weighted by Crippen LogP contribution is 2.34. The number of hydrogen-bond donors (Lipinski definition) is 0. The lowest BCUT2D eigenvalue weighted by Gasteiger charge is -2.27. The first-order valence-corrected chi connectivity index (χ1v) is 7.91. The second-order valence-electron chi connectivity index (χ2n) is 5.46. The van der Waals surface area contributed by atoms with Crippen LogP contribution in [0.25, 0.3) is 0 Å². The summed E-state index contributed by atoms with van der Waals surface area (Å²) in [4.78, 5) is 34.6. The Morgan fingerprint density at radius 1 is 1.00 bits per heavy atom. The van der Waals surface area contributed by atoms with Gasteiger partial charge in [0.2, 0.25) is 0 Å². The summed E-state index contributed by atoms with van der Waals surface area (Å²) >= 11 is 0. The molecular formula is C17H23NO6. The van der Waals surface area contributed by atoms with Gasteiger partial charge in [-0.15, -0.1) is 0 Å². The van der Waals surface area contributed by atoms with Crippen molar-refractivity contribution in [3.05, 3.63) is 39.9 Å². The summed E-state index contributed by atoms with van der Waals surface area (Å²) in [5.74, 6) is -2.52. The number of ether oxygens (including phenoxy) is 2. The van der Waals surface area contributed by atoms with Crippen molar-refractivity contribution in [1.82, 2.24) is 0 Å². The lowest BCUT2D eigenvalue weighted by Crippen LogP contribution is -2.31. The first kappa shape index (κ1) is 19.6. The number of nitrogens with zero attached hydrogens (tertiary/aromatic N) is 1. The highest BCUT2D eigenvalue weighted by molar-refractivity contribution is 5.78. The van der Waals surface area contributed by atoms with Crippen LogP contribution in [0.5, 0.6) is 0 Å². The van der Waals surface area contributed by atoms with E-state index in [-0.39, 0.29) is 18.9 Å². The predicted octanol–water partition coefficient (Wildman–Crippen LogP) is 3.08. The van der Waals surface area contributed by atoms with Crippen LogP contribution in [0.15, 0.2) is 24.3 Å². The SMILES string of the molecule is CCOC(=O)C(C)C(c1ccc([N+](=O)[O-])cc1)C(C)C(=O)OCC. The molecule has 0 heterocycles. The summed E-state index contributed by atoms with van der Waals surface area (Å²) in [7, 11) is 0. The zero-order valence-corrected chi connectivity index (χ0v) is 14.4. The Bertz CT molecular complexity index is 559. The van der Waals surface area contributed by atoms with Crippen molar-refractivity contribution in [3.8, 4) is 0 Å². The third-order valence-electron chi connectivity index (χ3n) is 3.88. The van der Waals surface area contributed by atoms with E-state index < -0.39 is 34.6 Å². The molecule has 0 fully saturated rings. The molecule has 0 aromatic heterocycles. The van der Waals surface area contributed by atoms with Gasteiger partial charge in [0.15, 0.2) is 0 Å². The number of non-ortho nitro benzene ring substituents is 1. The third-order valence-corrected chi connectivity index (χ3v) is 3.88. The van der Waals surface area contributed by atoms with Crippen molar-refractivity contribution >= 4 is 17.6 Å². The molecule has 0 bridgehead atoms. The standard InChI is InChI=1S/C17H23NO6/c1-5-23-16(19)11(3)15(12(4)17(20)24-6-2)13-7-9-14(10-8-13)18(21)22/h7-12,15H,5-6H2,1-4H3. The summed E-state index contributed by atoms with van der Waals surface area (Å²) in [5, 5.41) is 10.8. The van der Waals surface area contributed by atoms with Gasteiger partial charge in [0.25, 0.3) is 5.69 Å². The normalized spacial score (nSPS) is 14.3. The molecule has 24 heavy (non-hydrogen) atoms. The number of esters is 2. The molecule has 2 unspecified atom stereocenters. The molecule has 7 heteroatoms. The van der Waals surface area contributed by atoms with Crippen LogP contribution in [0.4, 0.5) is 5.69 Å². The Labute approximate surface area is 141 Å². The summed E-state index contributed by atoms with van der Waals surface area (Å²) in [6, 6.07) is 5.85. The third kappa shape index (κ3) is 4.78. The molecule has 0 aliphatic heterocycles. The summed E-state index contributed by atoms with van der Waals surface area (Å²) in [6.07, 6.45) is 0. The first-order valence-electron chi connectivity index (χ1n) is 7.91. The van der Waals surface area contributed by atoms with Crippen LogP contribution >= 0.6 is 0 Å². The lowest BCUT2D eigenvalue weighted by molar-refractivity contribution is -0.384. The summed E-state index contributed by atoms with van der Waals surface area (Å²) in [6.45, 7) is 7.26. The fraction of sp³-hybridized carbons (Fsp3) is 0.529. The van der Waals surface area contributed by atoms with Crippen LogP contribution in [0.2, 0.25) is 0 Å². The molecule has 0 amide bonds. The highest BCUT2D eigenvalue weighted by Gasteiger charge is 2.35. The number of nitro benzene ring substituents is 1. The largest absolute Gasteiger partial charge is 0.466 e. The van der Waals surface area contributed by atoms with Gasteiger partial charge in [-0.1, -0.05) is 26.0 Å². The molecule has 7 nitrogen and oxygen atoms in total. The van der Waals surface area contributed by atoms with Crippen molar-refractivity contribution in [3.63, 3.8) is 0 Å². The molecule has 0 saturated carbocycles. The number of carbonyl (C=O) groups excluding carboxylic acids is 2. The fourth-order valence-electron chi connectivity index (χ4n) is 2.67. The maximum atomic E-state index is 12.1. The van der Waals surface area contributed by atoms with Gasteiger partial charge in [0, 0.05) is 18.1 Å². The molecule has 132 valence electrons. The van der Waals surface area contributed by atoms with E-state index in [2.05, 4.69) is 0 Å². The Hall–Kier alpha value is -2.44. The number of carbonyl (C=O) groups is 2. The smallest absolute Gasteiger partial charge is 0.309 e. The highest BCUT2D eigenvalue weighted by atomic mass is 16.6. The Morgan fingerprint density at radius 2 is 1.42 bits per heavy atom. The van der Waals surface area contributed by atoms with E-state index in [4.69, 9.17) is 9.47 Å². The predicted molar refractivity (Wildman–Crippen MR) is 87.4 cm³/mol. The average Bonchev–Trinajstić information content (AvgIpc) is 2.55. The molecule has 0 aliphatic rings. The molecule has 1 aromatic rings. The van der Waals surface area contributed by atoms with Crippen molar-refractivity contribution < 1.29 is 24.0 Å². The maximum absolute atomic E-state index is 12.1. The van der Waals surface area contributed by atoms with Gasteiger partial charge in [-0.05, 0) is 19.4 Å². The molecule has 0 aliphatic carbocycles. The van der Waals surface area contributed by atoms with E-state index in [1.54, 1.807) is 39.8 Å². The maximum Gasteiger partial charge on any atom is 0.309 e. The van der Waals surface area contributed by atoms with Gasteiger partial charge in [0.1, 0.15) is 0 Å². The first-order chi connectivity index (χ1) is 11.3. The van der Waals surface area contributed by atoms with Crippen LogP contribution in [-0.4, -0.2) is 30.1 Å². The Balaban J connectivity index is 3.18. The van der Waals surface area contributed by atoms with Crippen LogP contribution in [0, 0.1) is 22.0 Å². The Kier molecular flexibility index (Phi) is 7.35. The lowest BCUT2D eigenvalue weighted by atomic mass is 9.78. The topological polar surface area (TPSA) is 95.7 Å². The number of nitro groups is 1. The van der Waals surface area contributed by atoms with Crippen molar-refractivity contribution in [2.45, 2.75) is 33.6 Å². The minimum Gasteiger partial charge on any atom is -0.466 e. The van der Waals surface area contributed by atoms with E-state index >= 15 is 0 Å². The van der Waals surface area contributed by atoms with Gasteiger partial charge < -0.3 is 9.47 Å². The van der Waals surface area contributed by atoms with Gasteiger partial charge in [0.05, 0.1) is 30.0 Å². The van der Waals surface area contributed by atoms with Crippen LogP contribution < -0.4 is 0 Å². The van der Waals surface area contributed by atoms with Crippen LogP contribution in [-0.2, 0) is 19.1 Å². The van der Waals surface area contributed by atoms with E-state index in [9.17, 15) is 19.7 Å². The van der Waals surface area contributed by atoms with Crippen molar-refractivity contribution in [1.29, 1.82) is 0 Å². The molecule has 2 atom stereocenters. The van der Waals surface area contributed by atoms with Crippen molar-refractivity contribution in [2.75, 3.05) is 13.2 Å². The van der Waals surface area contributed by atoms with Crippen LogP contribution in [0.1, 0.15) is 39.2 Å². The minimum absolute atomic E-state index is 0.0509. The van der Waals surface area contributed by atoms with E-state index in [1.165, 1.54) is 12.1 Å². The van der Waals surface area contributed by atoms with Crippen LogP contribution in [0.3, 0.4) is 0 Å².